The van der Waals surface area contributed by atoms with E-state index in [1.54, 1.807) is 10.8 Å². The molecule has 8 heteroatoms. The normalized spacial score (nSPS) is 17.6. The Balaban J connectivity index is 1.54. The van der Waals surface area contributed by atoms with Gasteiger partial charge in [-0.05, 0) is 44.4 Å². The van der Waals surface area contributed by atoms with E-state index in [4.69, 9.17) is 0 Å². The molecule has 3 N–H and O–H groups in total. The molecule has 28 heavy (non-hydrogen) atoms. The van der Waals surface area contributed by atoms with Crippen LogP contribution in [0, 0.1) is 13.8 Å². The largest absolute Gasteiger partial charge is 0.354 e. The molecule has 1 amide bonds. The van der Waals surface area contributed by atoms with Crippen molar-refractivity contribution >= 4 is 28.0 Å². The van der Waals surface area contributed by atoms with Gasteiger partial charge in [-0.3, -0.25) is 9.36 Å². The van der Waals surface area contributed by atoms with E-state index >= 15 is 0 Å². The highest BCUT2D eigenvalue weighted by molar-refractivity contribution is 6.01. The number of imidazole rings is 1. The number of amides is 1. The van der Waals surface area contributed by atoms with Gasteiger partial charge in [0.25, 0.3) is 5.91 Å². The average Bonchev–Trinajstić information content (AvgIpc) is 3.36. The van der Waals surface area contributed by atoms with Crippen LogP contribution in [-0.4, -0.2) is 48.4 Å². The van der Waals surface area contributed by atoms with Crippen LogP contribution in [-0.2, 0) is 0 Å². The molecule has 1 aliphatic heterocycles. The number of piperidine rings is 1. The van der Waals surface area contributed by atoms with E-state index in [1.165, 1.54) is 0 Å². The molecule has 1 atom stereocenters. The van der Waals surface area contributed by atoms with Crippen molar-refractivity contribution < 1.29 is 4.79 Å². The fraction of sp³-hybridized carbons (Fsp3) is 0.350. The second kappa shape index (κ2) is 6.12. The third-order valence-electron chi connectivity index (χ3n) is 5.67. The summed E-state index contributed by atoms with van der Waals surface area (Å²) in [5.41, 5.74) is 4.73. The zero-order chi connectivity index (χ0) is 19.4. The summed E-state index contributed by atoms with van der Waals surface area (Å²) in [4.78, 5) is 41.2. The van der Waals surface area contributed by atoms with Gasteiger partial charge in [-0.1, -0.05) is 0 Å². The number of carbonyl (C=O) groups is 1. The summed E-state index contributed by atoms with van der Waals surface area (Å²) in [6, 6.07) is 3.84. The van der Waals surface area contributed by atoms with Gasteiger partial charge in [0.15, 0.2) is 0 Å². The fourth-order valence-electron chi connectivity index (χ4n) is 4.43. The lowest BCUT2D eigenvalue weighted by Gasteiger charge is -2.33. The van der Waals surface area contributed by atoms with Crippen LogP contribution >= 0.6 is 0 Å². The molecule has 0 unspecified atom stereocenters. The predicted octanol–water partition coefficient (Wildman–Crippen LogP) is 2.63. The number of carbonyl (C=O) groups excluding carboxylic acids is 1. The van der Waals surface area contributed by atoms with Crippen molar-refractivity contribution in [3.05, 3.63) is 52.0 Å². The van der Waals surface area contributed by atoms with Gasteiger partial charge in [0, 0.05) is 30.4 Å². The zero-order valence-electron chi connectivity index (χ0n) is 15.9. The quantitative estimate of drug-likeness (QED) is 0.500. The van der Waals surface area contributed by atoms with E-state index in [1.807, 2.05) is 37.1 Å². The van der Waals surface area contributed by atoms with Crippen molar-refractivity contribution in [3.8, 4) is 0 Å². The van der Waals surface area contributed by atoms with E-state index in [-0.39, 0.29) is 17.6 Å². The highest BCUT2D eigenvalue weighted by Crippen LogP contribution is 2.28. The van der Waals surface area contributed by atoms with Crippen molar-refractivity contribution in [1.82, 2.24) is 29.4 Å². The van der Waals surface area contributed by atoms with Crippen LogP contribution < -0.4 is 5.69 Å². The SMILES string of the molecule is Cc1cc(C)c(C(=O)N2CCC[C@@H](n3c(=O)[nH]c4cnc5[nH]ccc5c43)C2)[nH]1. The number of likely N-dealkylation sites (tertiary alicyclic amines) is 1. The van der Waals surface area contributed by atoms with Gasteiger partial charge in [-0.15, -0.1) is 0 Å². The lowest BCUT2D eigenvalue weighted by atomic mass is 10.0. The molecule has 0 radical (unpaired) electrons. The first-order valence-corrected chi connectivity index (χ1v) is 9.54. The molecule has 1 fully saturated rings. The van der Waals surface area contributed by atoms with Crippen molar-refractivity contribution in [2.45, 2.75) is 32.7 Å². The molecule has 4 aromatic heterocycles. The van der Waals surface area contributed by atoms with Crippen LogP contribution in [0.2, 0.25) is 0 Å². The second-order valence-electron chi connectivity index (χ2n) is 7.62. The van der Waals surface area contributed by atoms with Crippen molar-refractivity contribution in [2.24, 2.45) is 0 Å². The topological polar surface area (TPSA) is 103 Å². The molecular weight excluding hydrogens is 356 g/mol. The summed E-state index contributed by atoms with van der Waals surface area (Å²) in [5.74, 6) is -0.00310. The number of aromatic nitrogens is 5. The van der Waals surface area contributed by atoms with Crippen molar-refractivity contribution in [3.63, 3.8) is 0 Å². The first-order valence-electron chi connectivity index (χ1n) is 9.54. The van der Waals surface area contributed by atoms with Crippen LogP contribution in [0.15, 0.2) is 29.3 Å². The monoisotopic (exact) mass is 378 g/mol. The Hall–Kier alpha value is -3.29. The Morgan fingerprint density at radius 3 is 2.93 bits per heavy atom. The third kappa shape index (κ3) is 2.48. The van der Waals surface area contributed by atoms with E-state index in [2.05, 4.69) is 19.9 Å². The number of pyridine rings is 1. The molecule has 0 spiro atoms. The number of hydrogen-bond acceptors (Lipinski definition) is 3. The summed E-state index contributed by atoms with van der Waals surface area (Å²) in [6.07, 6.45) is 5.22. The maximum Gasteiger partial charge on any atom is 0.326 e. The van der Waals surface area contributed by atoms with Crippen LogP contribution in [0.4, 0.5) is 0 Å². The second-order valence-corrected chi connectivity index (χ2v) is 7.62. The molecule has 144 valence electrons. The van der Waals surface area contributed by atoms with Gasteiger partial charge in [-0.25, -0.2) is 9.78 Å². The maximum absolute atomic E-state index is 13.1. The Morgan fingerprint density at radius 1 is 1.29 bits per heavy atom. The summed E-state index contributed by atoms with van der Waals surface area (Å²) in [7, 11) is 0. The number of nitrogens with zero attached hydrogens (tertiary/aromatic N) is 3. The molecule has 8 nitrogen and oxygen atoms in total. The highest BCUT2D eigenvalue weighted by Gasteiger charge is 2.29. The predicted molar refractivity (Wildman–Crippen MR) is 107 cm³/mol. The molecule has 1 aliphatic rings. The van der Waals surface area contributed by atoms with Crippen molar-refractivity contribution in [2.75, 3.05) is 13.1 Å². The molecule has 0 aromatic carbocycles. The Labute approximate surface area is 160 Å². The first-order chi connectivity index (χ1) is 13.5. The van der Waals surface area contributed by atoms with E-state index in [9.17, 15) is 9.59 Å². The molecule has 0 saturated carbocycles. The van der Waals surface area contributed by atoms with Crippen molar-refractivity contribution in [1.29, 1.82) is 0 Å². The standard InChI is InChI=1S/C20H22N6O2/c1-11-8-12(2)23-16(11)19(27)25-7-3-4-13(10-25)26-17-14-5-6-21-18(14)22-9-15(17)24-20(26)28/h5-6,8-9,13,23H,3-4,7,10H2,1-2H3,(H,21,22)(H,24,28)/t13-/m1/s1. The van der Waals surface area contributed by atoms with E-state index in [0.717, 1.165) is 46.2 Å². The van der Waals surface area contributed by atoms with Crippen LogP contribution in [0.1, 0.15) is 40.6 Å². The van der Waals surface area contributed by atoms with Crippen LogP contribution in [0.3, 0.4) is 0 Å². The summed E-state index contributed by atoms with van der Waals surface area (Å²) in [6.45, 7) is 5.10. The number of rotatable bonds is 2. The van der Waals surface area contributed by atoms with Gasteiger partial charge >= 0.3 is 5.69 Å². The maximum atomic E-state index is 13.1. The summed E-state index contributed by atoms with van der Waals surface area (Å²) < 4.78 is 1.81. The molecule has 4 aromatic rings. The minimum atomic E-state index is -0.156. The van der Waals surface area contributed by atoms with Crippen LogP contribution in [0.25, 0.3) is 22.1 Å². The summed E-state index contributed by atoms with van der Waals surface area (Å²) in [5, 5.41) is 0.912. The Bertz CT molecular complexity index is 1260. The zero-order valence-corrected chi connectivity index (χ0v) is 15.9. The number of nitrogens with one attached hydrogen (secondary N) is 3. The smallest absolute Gasteiger partial charge is 0.326 e. The number of fused-ring (bicyclic) bond motifs is 3. The number of aromatic amines is 3. The lowest BCUT2D eigenvalue weighted by Crippen LogP contribution is -2.42. The van der Waals surface area contributed by atoms with Gasteiger partial charge in [-0.2, -0.15) is 0 Å². The number of aryl methyl sites for hydroxylation is 2. The Morgan fingerprint density at radius 2 is 2.14 bits per heavy atom. The van der Waals surface area contributed by atoms with E-state index in [0.29, 0.717) is 18.8 Å². The van der Waals surface area contributed by atoms with Gasteiger partial charge in [0.2, 0.25) is 0 Å². The molecule has 5 heterocycles. The molecule has 0 bridgehead atoms. The fourth-order valence-corrected chi connectivity index (χ4v) is 4.43. The van der Waals surface area contributed by atoms with Gasteiger partial charge < -0.3 is 19.9 Å². The van der Waals surface area contributed by atoms with Gasteiger partial charge in [0.1, 0.15) is 11.3 Å². The molecule has 5 rings (SSSR count). The summed E-state index contributed by atoms with van der Waals surface area (Å²) >= 11 is 0. The molecular formula is C20H22N6O2. The molecule has 1 saturated heterocycles. The first kappa shape index (κ1) is 16.9. The van der Waals surface area contributed by atoms with Crippen LogP contribution in [0.5, 0.6) is 0 Å². The molecule has 0 aliphatic carbocycles. The minimum absolute atomic E-state index is 0.00310. The average molecular weight is 378 g/mol. The highest BCUT2D eigenvalue weighted by atomic mass is 16.2. The Kier molecular flexibility index (Phi) is 3.68. The van der Waals surface area contributed by atoms with Gasteiger partial charge in [0.05, 0.1) is 23.3 Å². The minimum Gasteiger partial charge on any atom is -0.354 e. The van der Waals surface area contributed by atoms with E-state index < -0.39 is 0 Å². The third-order valence-corrected chi connectivity index (χ3v) is 5.67. The number of H-pyrrole nitrogens is 3. The lowest BCUT2D eigenvalue weighted by molar-refractivity contribution is 0.0673. The number of hydrogen-bond donors (Lipinski definition) is 3.